The zero-order chi connectivity index (χ0) is 12.1. The zero-order valence-corrected chi connectivity index (χ0v) is 11.5. The molecule has 0 aliphatic heterocycles. The van der Waals surface area contributed by atoms with E-state index in [1.807, 2.05) is 6.92 Å². The molecule has 0 aromatic heterocycles. The predicted molar refractivity (Wildman–Crippen MR) is 72.8 cm³/mol. The van der Waals surface area contributed by atoms with Crippen LogP contribution in [-0.4, -0.2) is 11.2 Å². The van der Waals surface area contributed by atoms with Gasteiger partial charge in [-0.1, -0.05) is 77.6 Å². The Morgan fingerprint density at radius 2 is 1.06 bits per heavy atom. The smallest absolute Gasteiger partial charge is 0.0512 e. The Morgan fingerprint density at radius 1 is 0.688 bits per heavy atom. The van der Waals surface area contributed by atoms with Gasteiger partial charge in [0.05, 0.1) is 6.10 Å². The lowest BCUT2D eigenvalue weighted by Crippen LogP contribution is -1.98. The third-order valence-corrected chi connectivity index (χ3v) is 3.23. The molecule has 1 atom stereocenters. The summed E-state index contributed by atoms with van der Waals surface area (Å²) in [5.74, 6) is 0. The molecule has 0 aromatic carbocycles. The summed E-state index contributed by atoms with van der Waals surface area (Å²) in [5.41, 5.74) is 0. The third-order valence-electron chi connectivity index (χ3n) is 3.23. The molecule has 0 saturated heterocycles. The van der Waals surface area contributed by atoms with Crippen LogP contribution in [0.25, 0.3) is 0 Å². The maximum atomic E-state index is 9.10. The first-order valence-electron chi connectivity index (χ1n) is 7.45. The molecule has 16 heavy (non-hydrogen) atoms. The molecular formula is C15H32O. The Hall–Kier alpha value is -0.0400. The predicted octanol–water partition coefficient (Wildman–Crippen LogP) is 5.07. The standard InChI is InChI=1S/C15H32O/c1-3-4-5-6-7-8-9-10-11-12-13-14-15(2)16/h15-16H,3-14H2,1-2H3. The fourth-order valence-corrected chi connectivity index (χ4v) is 2.10. The zero-order valence-electron chi connectivity index (χ0n) is 11.5. The normalized spacial score (nSPS) is 12.9. The van der Waals surface area contributed by atoms with Gasteiger partial charge in [-0.05, 0) is 13.3 Å². The lowest BCUT2D eigenvalue weighted by Gasteiger charge is -2.04. The summed E-state index contributed by atoms with van der Waals surface area (Å²) < 4.78 is 0. The first kappa shape index (κ1) is 16.0. The average molecular weight is 228 g/mol. The largest absolute Gasteiger partial charge is 0.393 e. The highest BCUT2D eigenvalue weighted by atomic mass is 16.3. The van der Waals surface area contributed by atoms with E-state index >= 15 is 0 Å². The van der Waals surface area contributed by atoms with Gasteiger partial charge in [0, 0.05) is 0 Å². The van der Waals surface area contributed by atoms with Gasteiger partial charge >= 0.3 is 0 Å². The fraction of sp³-hybridized carbons (Fsp3) is 1.00. The van der Waals surface area contributed by atoms with Crippen molar-refractivity contribution in [1.82, 2.24) is 0 Å². The molecule has 0 saturated carbocycles. The highest BCUT2D eigenvalue weighted by Crippen LogP contribution is 2.12. The number of aliphatic hydroxyl groups excluding tert-OH is 1. The minimum absolute atomic E-state index is 0.0986. The Bertz CT molecular complexity index is 121. The van der Waals surface area contributed by atoms with Gasteiger partial charge in [-0.15, -0.1) is 0 Å². The molecule has 1 heteroatoms. The minimum Gasteiger partial charge on any atom is -0.393 e. The van der Waals surface area contributed by atoms with E-state index in [-0.39, 0.29) is 6.10 Å². The topological polar surface area (TPSA) is 20.2 Å². The summed E-state index contributed by atoms with van der Waals surface area (Å²) in [7, 11) is 0. The van der Waals surface area contributed by atoms with Crippen LogP contribution in [0.1, 0.15) is 90.9 Å². The van der Waals surface area contributed by atoms with Crippen LogP contribution in [0.5, 0.6) is 0 Å². The molecule has 0 bridgehead atoms. The molecule has 98 valence electrons. The SMILES string of the molecule is CCCCCCCCCCCCCC(C)O. The lowest BCUT2D eigenvalue weighted by atomic mass is 10.0. The molecule has 0 fully saturated rings. The van der Waals surface area contributed by atoms with Gasteiger partial charge in [-0.2, -0.15) is 0 Å². The van der Waals surface area contributed by atoms with E-state index < -0.39 is 0 Å². The van der Waals surface area contributed by atoms with Gasteiger partial charge < -0.3 is 5.11 Å². The second-order valence-corrected chi connectivity index (χ2v) is 5.17. The molecular weight excluding hydrogens is 196 g/mol. The van der Waals surface area contributed by atoms with Crippen LogP contribution in [0.3, 0.4) is 0 Å². The van der Waals surface area contributed by atoms with E-state index in [1.165, 1.54) is 70.6 Å². The van der Waals surface area contributed by atoms with Crippen molar-refractivity contribution < 1.29 is 5.11 Å². The Morgan fingerprint density at radius 3 is 1.44 bits per heavy atom. The summed E-state index contributed by atoms with van der Waals surface area (Å²) in [5, 5.41) is 9.10. The molecule has 0 aromatic rings. The van der Waals surface area contributed by atoms with Gasteiger partial charge in [0.1, 0.15) is 0 Å². The van der Waals surface area contributed by atoms with Crippen molar-refractivity contribution in [2.75, 3.05) is 0 Å². The van der Waals surface area contributed by atoms with Crippen molar-refractivity contribution >= 4 is 0 Å². The quantitative estimate of drug-likeness (QED) is 0.462. The highest BCUT2D eigenvalue weighted by Gasteiger charge is 1.95. The van der Waals surface area contributed by atoms with Crippen LogP contribution in [0.4, 0.5) is 0 Å². The van der Waals surface area contributed by atoms with Crippen LogP contribution in [0, 0.1) is 0 Å². The molecule has 1 unspecified atom stereocenters. The average Bonchev–Trinajstić information content (AvgIpc) is 2.25. The van der Waals surface area contributed by atoms with Crippen molar-refractivity contribution in [2.45, 2.75) is 97.0 Å². The molecule has 1 nitrogen and oxygen atoms in total. The molecule has 0 aliphatic rings. The number of rotatable bonds is 12. The van der Waals surface area contributed by atoms with E-state index in [2.05, 4.69) is 6.92 Å². The third kappa shape index (κ3) is 14.0. The molecule has 0 rings (SSSR count). The molecule has 0 aliphatic carbocycles. The van der Waals surface area contributed by atoms with Crippen LogP contribution in [-0.2, 0) is 0 Å². The molecule has 0 heterocycles. The Balaban J connectivity index is 2.88. The summed E-state index contributed by atoms with van der Waals surface area (Å²) in [4.78, 5) is 0. The maximum Gasteiger partial charge on any atom is 0.0512 e. The number of hydrogen-bond donors (Lipinski definition) is 1. The fourth-order valence-electron chi connectivity index (χ4n) is 2.10. The molecule has 0 amide bonds. The van der Waals surface area contributed by atoms with E-state index in [9.17, 15) is 0 Å². The van der Waals surface area contributed by atoms with Gasteiger partial charge in [-0.3, -0.25) is 0 Å². The van der Waals surface area contributed by atoms with Crippen molar-refractivity contribution in [1.29, 1.82) is 0 Å². The summed E-state index contributed by atoms with van der Waals surface area (Å²) in [6.07, 6.45) is 16.1. The van der Waals surface area contributed by atoms with Crippen molar-refractivity contribution in [2.24, 2.45) is 0 Å². The van der Waals surface area contributed by atoms with Gasteiger partial charge in [-0.25, -0.2) is 0 Å². The van der Waals surface area contributed by atoms with Gasteiger partial charge in [0.2, 0.25) is 0 Å². The van der Waals surface area contributed by atoms with E-state index in [0.717, 1.165) is 6.42 Å². The monoisotopic (exact) mass is 228 g/mol. The van der Waals surface area contributed by atoms with Crippen molar-refractivity contribution in [3.05, 3.63) is 0 Å². The summed E-state index contributed by atoms with van der Waals surface area (Å²) >= 11 is 0. The molecule has 1 N–H and O–H groups in total. The second kappa shape index (κ2) is 13.0. The number of aliphatic hydroxyl groups is 1. The Labute approximate surface area is 103 Å². The van der Waals surface area contributed by atoms with Crippen LogP contribution >= 0.6 is 0 Å². The second-order valence-electron chi connectivity index (χ2n) is 5.17. The van der Waals surface area contributed by atoms with E-state index in [4.69, 9.17) is 5.11 Å². The summed E-state index contributed by atoms with van der Waals surface area (Å²) in [6, 6.07) is 0. The van der Waals surface area contributed by atoms with Gasteiger partial charge in [0.15, 0.2) is 0 Å². The molecule has 0 spiro atoms. The molecule has 0 radical (unpaired) electrons. The van der Waals surface area contributed by atoms with Crippen LogP contribution < -0.4 is 0 Å². The van der Waals surface area contributed by atoms with Crippen LogP contribution in [0.2, 0.25) is 0 Å². The van der Waals surface area contributed by atoms with Crippen molar-refractivity contribution in [3.8, 4) is 0 Å². The van der Waals surface area contributed by atoms with Gasteiger partial charge in [0.25, 0.3) is 0 Å². The van der Waals surface area contributed by atoms with Crippen LogP contribution in [0.15, 0.2) is 0 Å². The van der Waals surface area contributed by atoms with Crippen molar-refractivity contribution in [3.63, 3.8) is 0 Å². The van der Waals surface area contributed by atoms with E-state index in [1.54, 1.807) is 0 Å². The maximum absolute atomic E-state index is 9.10. The first-order chi connectivity index (χ1) is 7.77. The minimum atomic E-state index is -0.0986. The lowest BCUT2D eigenvalue weighted by molar-refractivity contribution is 0.180. The van der Waals surface area contributed by atoms with E-state index in [0.29, 0.717) is 0 Å². The Kier molecular flexibility index (Phi) is 13.0. The number of hydrogen-bond acceptors (Lipinski definition) is 1. The first-order valence-corrected chi connectivity index (χ1v) is 7.45. The number of unbranched alkanes of at least 4 members (excludes halogenated alkanes) is 10. The summed E-state index contributed by atoms with van der Waals surface area (Å²) in [6.45, 7) is 4.16. The highest BCUT2D eigenvalue weighted by molar-refractivity contribution is 4.50.